The second-order valence-corrected chi connectivity index (χ2v) is 7.90. The van der Waals surface area contributed by atoms with E-state index in [-0.39, 0.29) is 11.2 Å². The van der Waals surface area contributed by atoms with E-state index in [2.05, 4.69) is 62.2 Å². The number of ether oxygens (including phenoxy) is 1. The van der Waals surface area contributed by atoms with Crippen molar-refractivity contribution in [3.05, 3.63) is 29.8 Å². The molecule has 0 aromatic heterocycles. The molecule has 0 spiro atoms. The Balaban J connectivity index is 1.65. The molecule has 116 valence electrons. The maximum Gasteiger partial charge on any atom is 0.0760 e. The van der Waals surface area contributed by atoms with Gasteiger partial charge >= 0.3 is 0 Å². The van der Waals surface area contributed by atoms with E-state index < -0.39 is 0 Å². The molecule has 1 N–H and O–H groups in total. The standard InChI is InChI=1S/C18H28N2O/c1-17(2)12-20(13-18(3,4)21-17)11-14-9-15-7-5-6-8-16(15)19-10-14/h5-8,14,19H,9-13H2,1-4H3. The minimum absolute atomic E-state index is 0.0538. The van der Waals surface area contributed by atoms with Gasteiger partial charge in [0.1, 0.15) is 0 Å². The molecule has 3 heteroatoms. The molecule has 1 unspecified atom stereocenters. The molecule has 0 bridgehead atoms. The Hall–Kier alpha value is -1.06. The summed E-state index contributed by atoms with van der Waals surface area (Å²) in [7, 11) is 0. The molecule has 2 heterocycles. The number of nitrogens with one attached hydrogen (secondary N) is 1. The van der Waals surface area contributed by atoms with Gasteiger partial charge in [0.05, 0.1) is 11.2 Å². The van der Waals surface area contributed by atoms with Crippen LogP contribution in [0.4, 0.5) is 5.69 Å². The van der Waals surface area contributed by atoms with E-state index >= 15 is 0 Å². The SMILES string of the molecule is CC1(C)CN(CC2CNc3ccccc3C2)CC(C)(C)O1. The highest BCUT2D eigenvalue weighted by Gasteiger charge is 2.38. The van der Waals surface area contributed by atoms with Crippen LogP contribution >= 0.6 is 0 Å². The number of nitrogens with zero attached hydrogens (tertiary/aromatic N) is 1. The quantitative estimate of drug-likeness (QED) is 0.904. The number of hydrogen-bond acceptors (Lipinski definition) is 3. The van der Waals surface area contributed by atoms with E-state index in [1.165, 1.54) is 17.7 Å². The van der Waals surface area contributed by atoms with Crippen molar-refractivity contribution in [2.24, 2.45) is 5.92 Å². The average molecular weight is 288 g/mol. The number of hydrogen-bond donors (Lipinski definition) is 1. The van der Waals surface area contributed by atoms with Gasteiger partial charge in [0.15, 0.2) is 0 Å². The summed E-state index contributed by atoms with van der Waals surface area (Å²) >= 11 is 0. The predicted molar refractivity (Wildman–Crippen MR) is 87.8 cm³/mol. The molecule has 3 nitrogen and oxygen atoms in total. The summed E-state index contributed by atoms with van der Waals surface area (Å²) in [6.07, 6.45) is 1.18. The Bertz CT molecular complexity index is 494. The van der Waals surface area contributed by atoms with Crippen LogP contribution in [-0.2, 0) is 11.2 Å². The highest BCUT2D eigenvalue weighted by molar-refractivity contribution is 5.53. The maximum atomic E-state index is 6.18. The van der Waals surface area contributed by atoms with Crippen molar-refractivity contribution in [2.75, 3.05) is 31.5 Å². The van der Waals surface area contributed by atoms with Crippen LogP contribution in [0, 0.1) is 5.92 Å². The number of para-hydroxylation sites is 1. The van der Waals surface area contributed by atoms with Crippen LogP contribution in [0.2, 0.25) is 0 Å². The van der Waals surface area contributed by atoms with Crippen LogP contribution in [0.3, 0.4) is 0 Å². The van der Waals surface area contributed by atoms with E-state index in [1.54, 1.807) is 0 Å². The Morgan fingerprint density at radius 1 is 1.14 bits per heavy atom. The number of anilines is 1. The summed E-state index contributed by atoms with van der Waals surface area (Å²) in [5.41, 5.74) is 2.67. The van der Waals surface area contributed by atoms with Gasteiger partial charge in [-0.2, -0.15) is 0 Å². The molecule has 2 aliphatic heterocycles. The first-order valence-electron chi connectivity index (χ1n) is 8.07. The van der Waals surface area contributed by atoms with Crippen LogP contribution in [0.25, 0.3) is 0 Å². The molecule has 1 atom stereocenters. The second kappa shape index (κ2) is 5.29. The summed E-state index contributed by atoms with van der Waals surface area (Å²) in [5, 5.41) is 3.59. The minimum atomic E-state index is -0.0538. The fraction of sp³-hybridized carbons (Fsp3) is 0.667. The van der Waals surface area contributed by atoms with Gasteiger partial charge in [-0.25, -0.2) is 0 Å². The highest BCUT2D eigenvalue weighted by Crippen LogP contribution is 2.30. The molecule has 0 radical (unpaired) electrons. The van der Waals surface area contributed by atoms with Crippen LogP contribution in [0.5, 0.6) is 0 Å². The minimum Gasteiger partial charge on any atom is -0.384 e. The molecule has 2 aliphatic rings. The molecule has 0 amide bonds. The van der Waals surface area contributed by atoms with Gasteiger partial charge in [-0.1, -0.05) is 18.2 Å². The molecule has 21 heavy (non-hydrogen) atoms. The topological polar surface area (TPSA) is 24.5 Å². The van der Waals surface area contributed by atoms with Crippen molar-refractivity contribution in [1.82, 2.24) is 4.90 Å². The summed E-state index contributed by atoms with van der Waals surface area (Å²) < 4.78 is 6.18. The lowest BCUT2D eigenvalue weighted by molar-refractivity contribution is -0.181. The lowest BCUT2D eigenvalue weighted by Gasteiger charge is -2.48. The van der Waals surface area contributed by atoms with E-state index in [1.807, 2.05) is 0 Å². The first-order chi connectivity index (χ1) is 9.83. The second-order valence-electron chi connectivity index (χ2n) is 7.90. The Morgan fingerprint density at radius 3 is 2.52 bits per heavy atom. The van der Waals surface area contributed by atoms with Crippen molar-refractivity contribution >= 4 is 5.69 Å². The largest absolute Gasteiger partial charge is 0.384 e. The van der Waals surface area contributed by atoms with Crippen LogP contribution < -0.4 is 5.32 Å². The third-order valence-electron chi connectivity index (χ3n) is 4.38. The maximum absolute atomic E-state index is 6.18. The molecule has 1 aromatic rings. The van der Waals surface area contributed by atoms with Gasteiger partial charge in [-0.15, -0.1) is 0 Å². The average Bonchev–Trinajstić information content (AvgIpc) is 2.34. The first kappa shape index (κ1) is 14.9. The van der Waals surface area contributed by atoms with Crippen LogP contribution in [0.1, 0.15) is 33.3 Å². The molecular weight excluding hydrogens is 260 g/mol. The summed E-state index contributed by atoms with van der Waals surface area (Å²) in [6, 6.07) is 8.69. The van der Waals surface area contributed by atoms with Crippen molar-refractivity contribution < 1.29 is 4.74 Å². The predicted octanol–water partition coefficient (Wildman–Crippen LogP) is 3.16. The van der Waals surface area contributed by atoms with Crippen molar-refractivity contribution in [1.29, 1.82) is 0 Å². The Morgan fingerprint density at radius 2 is 1.81 bits per heavy atom. The van der Waals surface area contributed by atoms with Crippen molar-refractivity contribution in [3.63, 3.8) is 0 Å². The zero-order chi connectivity index (χ0) is 15.1. The van der Waals surface area contributed by atoms with Crippen LogP contribution in [0.15, 0.2) is 24.3 Å². The van der Waals surface area contributed by atoms with Crippen molar-refractivity contribution in [2.45, 2.75) is 45.3 Å². The molecule has 1 aromatic carbocycles. The monoisotopic (exact) mass is 288 g/mol. The lowest BCUT2D eigenvalue weighted by Crippen LogP contribution is -2.58. The molecule has 1 saturated heterocycles. The van der Waals surface area contributed by atoms with Crippen molar-refractivity contribution in [3.8, 4) is 0 Å². The number of rotatable bonds is 2. The zero-order valence-corrected chi connectivity index (χ0v) is 13.8. The van der Waals surface area contributed by atoms with Gasteiger partial charge in [0, 0.05) is 31.9 Å². The number of fused-ring (bicyclic) bond motifs is 1. The normalized spacial score (nSPS) is 27.7. The van der Waals surface area contributed by atoms with Gasteiger partial charge in [-0.05, 0) is 51.7 Å². The summed E-state index contributed by atoms with van der Waals surface area (Å²) in [6.45, 7) is 13.1. The van der Waals surface area contributed by atoms with E-state index in [0.717, 1.165) is 26.2 Å². The zero-order valence-electron chi connectivity index (χ0n) is 13.8. The number of benzene rings is 1. The van der Waals surface area contributed by atoms with Gasteiger partial charge < -0.3 is 10.1 Å². The fourth-order valence-corrected chi connectivity index (χ4v) is 4.08. The van der Waals surface area contributed by atoms with E-state index in [0.29, 0.717) is 5.92 Å². The Kier molecular flexibility index (Phi) is 3.74. The highest BCUT2D eigenvalue weighted by atomic mass is 16.5. The fourth-order valence-electron chi connectivity index (χ4n) is 4.08. The van der Waals surface area contributed by atoms with Crippen LogP contribution in [-0.4, -0.2) is 42.3 Å². The third-order valence-corrected chi connectivity index (χ3v) is 4.38. The van der Waals surface area contributed by atoms with E-state index in [4.69, 9.17) is 4.74 Å². The Labute approximate surface area is 128 Å². The summed E-state index contributed by atoms with van der Waals surface area (Å²) in [5.74, 6) is 0.685. The van der Waals surface area contributed by atoms with Gasteiger partial charge in [-0.3, -0.25) is 4.90 Å². The molecular formula is C18H28N2O. The third kappa shape index (κ3) is 3.58. The summed E-state index contributed by atoms with van der Waals surface area (Å²) in [4.78, 5) is 2.59. The molecule has 3 rings (SSSR count). The molecule has 1 fully saturated rings. The van der Waals surface area contributed by atoms with Gasteiger partial charge in [0.2, 0.25) is 0 Å². The molecule has 0 saturated carbocycles. The number of morpholine rings is 1. The first-order valence-corrected chi connectivity index (χ1v) is 8.07. The van der Waals surface area contributed by atoms with Gasteiger partial charge in [0.25, 0.3) is 0 Å². The lowest BCUT2D eigenvalue weighted by atomic mass is 9.91. The smallest absolute Gasteiger partial charge is 0.0760 e. The molecule has 0 aliphatic carbocycles. The van der Waals surface area contributed by atoms with E-state index in [9.17, 15) is 0 Å².